The third-order valence-corrected chi connectivity index (χ3v) is 4.89. The molecule has 1 atom stereocenters. The number of fused-ring (bicyclic) bond motifs is 1. The average molecular weight is 350 g/mol. The van der Waals surface area contributed by atoms with Crippen LogP contribution in [0.25, 0.3) is 11.0 Å². The van der Waals surface area contributed by atoms with E-state index >= 15 is 0 Å². The number of piperidine rings is 1. The first-order chi connectivity index (χ1) is 12.8. The van der Waals surface area contributed by atoms with Crippen LogP contribution in [0.3, 0.4) is 0 Å². The molecule has 0 N–H and O–H groups in total. The molecule has 1 saturated heterocycles. The molecule has 0 spiro atoms. The zero-order valence-corrected chi connectivity index (χ0v) is 14.8. The summed E-state index contributed by atoms with van der Waals surface area (Å²) in [7, 11) is 1.39. The quantitative estimate of drug-likeness (QED) is 0.676. The van der Waals surface area contributed by atoms with E-state index in [9.17, 15) is 4.79 Å². The van der Waals surface area contributed by atoms with Crippen molar-refractivity contribution in [2.24, 2.45) is 0 Å². The molecule has 0 saturated carbocycles. The first-order valence-corrected chi connectivity index (χ1v) is 9.00. The number of likely N-dealkylation sites (tertiary alicyclic amines) is 1. The van der Waals surface area contributed by atoms with Crippen molar-refractivity contribution >= 4 is 17.0 Å². The number of carbonyl (C=O) groups excluding carboxylic acids is 1. The second kappa shape index (κ2) is 7.25. The van der Waals surface area contributed by atoms with Crippen molar-refractivity contribution < 1.29 is 9.53 Å². The molecule has 4 rings (SSSR count). The summed E-state index contributed by atoms with van der Waals surface area (Å²) in [4.78, 5) is 15.9. The summed E-state index contributed by atoms with van der Waals surface area (Å²) in [6, 6.07) is 15.5. The highest BCUT2D eigenvalue weighted by Gasteiger charge is 2.26. The minimum absolute atomic E-state index is 0.0746. The van der Waals surface area contributed by atoms with Gasteiger partial charge in [-0.25, -0.2) is 4.79 Å². The molecule has 1 unspecified atom stereocenters. The molecule has 2 aromatic carbocycles. The molecule has 0 radical (unpaired) electrons. The first-order valence-electron chi connectivity index (χ1n) is 9.00. The third kappa shape index (κ3) is 3.20. The summed E-state index contributed by atoms with van der Waals surface area (Å²) < 4.78 is 4.80. The topological polar surface area (TPSA) is 60.2 Å². The van der Waals surface area contributed by atoms with Crippen molar-refractivity contribution in [1.29, 1.82) is 0 Å². The van der Waals surface area contributed by atoms with Crippen LogP contribution in [0.5, 0.6) is 0 Å². The SMILES string of the molecule is COC(=O)c1ccc(C(N2CCCCC2)n2nc3ccccc3n2)cc1. The lowest BCUT2D eigenvalue weighted by atomic mass is 10.1. The summed E-state index contributed by atoms with van der Waals surface area (Å²) >= 11 is 0. The number of ether oxygens (including phenoxy) is 1. The molecule has 134 valence electrons. The maximum Gasteiger partial charge on any atom is 0.337 e. The van der Waals surface area contributed by atoms with Crippen molar-refractivity contribution in [2.45, 2.75) is 25.4 Å². The van der Waals surface area contributed by atoms with Gasteiger partial charge in [0, 0.05) is 13.1 Å². The van der Waals surface area contributed by atoms with Crippen LogP contribution in [-0.2, 0) is 4.74 Å². The van der Waals surface area contributed by atoms with Crippen molar-refractivity contribution in [2.75, 3.05) is 20.2 Å². The summed E-state index contributed by atoms with van der Waals surface area (Å²) in [5, 5.41) is 9.42. The summed E-state index contributed by atoms with van der Waals surface area (Å²) in [5.74, 6) is -0.325. The highest BCUT2D eigenvalue weighted by atomic mass is 16.5. The van der Waals surface area contributed by atoms with Gasteiger partial charge in [-0.2, -0.15) is 15.0 Å². The number of carbonyl (C=O) groups is 1. The van der Waals surface area contributed by atoms with Crippen LogP contribution in [0.2, 0.25) is 0 Å². The lowest BCUT2D eigenvalue weighted by Gasteiger charge is -2.34. The van der Waals surface area contributed by atoms with E-state index in [1.165, 1.54) is 26.4 Å². The molecule has 3 aromatic rings. The maximum atomic E-state index is 11.7. The average Bonchev–Trinajstić information content (AvgIpc) is 3.12. The Bertz CT molecular complexity index is 865. The molecule has 1 aliphatic heterocycles. The predicted octanol–water partition coefficient (Wildman–Crippen LogP) is 3.25. The smallest absolute Gasteiger partial charge is 0.337 e. The molecule has 6 heteroatoms. The summed E-state index contributed by atoms with van der Waals surface area (Å²) in [6.07, 6.45) is 3.54. The van der Waals surface area contributed by atoms with Crippen molar-refractivity contribution in [3.05, 3.63) is 59.7 Å². The Morgan fingerprint density at radius 3 is 2.15 bits per heavy atom. The van der Waals surface area contributed by atoms with E-state index < -0.39 is 0 Å². The number of benzene rings is 2. The highest BCUT2D eigenvalue weighted by Crippen LogP contribution is 2.26. The molecule has 2 heterocycles. The highest BCUT2D eigenvalue weighted by molar-refractivity contribution is 5.89. The molecular formula is C20H22N4O2. The number of methoxy groups -OCH3 is 1. The van der Waals surface area contributed by atoms with E-state index in [-0.39, 0.29) is 12.1 Å². The van der Waals surface area contributed by atoms with Gasteiger partial charge in [0.1, 0.15) is 17.2 Å². The molecule has 26 heavy (non-hydrogen) atoms. The maximum absolute atomic E-state index is 11.7. The molecule has 0 amide bonds. The van der Waals surface area contributed by atoms with Gasteiger partial charge in [-0.15, -0.1) is 0 Å². The van der Waals surface area contributed by atoms with Crippen molar-refractivity contribution in [1.82, 2.24) is 19.9 Å². The summed E-state index contributed by atoms with van der Waals surface area (Å²) in [6.45, 7) is 2.03. The third-order valence-electron chi connectivity index (χ3n) is 4.89. The van der Waals surface area contributed by atoms with Gasteiger partial charge in [0.25, 0.3) is 0 Å². The second-order valence-corrected chi connectivity index (χ2v) is 6.59. The second-order valence-electron chi connectivity index (χ2n) is 6.59. The molecule has 1 fully saturated rings. The zero-order valence-electron chi connectivity index (χ0n) is 14.8. The van der Waals surface area contributed by atoms with Crippen LogP contribution >= 0.6 is 0 Å². The predicted molar refractivity (Wildman–Crippen MR) is 98.9 cm³/mol. The number of rotatable bonds is 4. The minimum Gasteiger partial charge on any atom is -0.465 e. The Morgan fingerprint density at radius 2 is 1.58 bits per heavy atom. The van der Waals surface area contributed by atoms with Gasteiger partial charge in [0.2, 0.25) is 0 Å². The molecular weight excluding hydrogens is 328 g/mol. The molecule has 0 bridgehead atoms. The lowest BCUT2D eigenvalue weighted by Crippen LogP contribution is -2.38. The van der Waals surface area contributed by atoms with Crippen LogP contribution in [-0.4, -0.2) is 46.1 Å². The van der Waals surface area contributed by atoms with E-state index in [0.717, 1.165) is 29.7 Å². The van der Waals surface area contributed by atoms with Gasteiger partial charge < -0.3 is 4.74 Å². The molecule has 1 aliphatic rings. The van der Waals surface area contributed by atoms with Crippen LogP contribution in [0, 0.1) is 0 Å². The molecule has 0 aliphatic carbocycles. The Morgan fingerprint density at radius 1 is 0.962 bits per heavy atom. The van der Waals surface area contributed by atoms with E-state index in [0.29, 0.717) is 5.56 Å². The standard InChI is InChI=1S/C20H22N4O2/c1-26-20(25)16-11-9-15(10-12-16)19(23-13-5-2-6-14-23)24-21-17-7-3-4-8-18(17)22-24/h3-4,7-12,19H,2,5-6,13-14H2,1H3. The Kier molecular flexibility index (Phi) is 4.67. The fraction of sp³-hybridized carbons (Fsp3) is 0.350. The lowest BCUT2D eigenvalue weighted by molar-refractivity contribution is 0.0600. The van der Waals surface area contributed by atoms with Crippen LogP contribution in [0.15, 0.2) is 48.5 Å². The number of esters is 1. The number of hydrogen-bond acceptors (Lipinski definition) is 5. The number of nitrogens with zero attached hydrogens (tertiary/aromatic N) is 4. The van der Waals surface area contributed by atoms with Crippen LogP contribution in [0.4, 0.5) is 0 Å². The fourth-order valence-corrected chi connectivity index (χ4v) is 3.55. The van der Waals surface area contributed by atoms with E-state index in [1.54, 1.807) is 12.1 Å². The molecule has 1 aromatic heterocycles. The van der Waals surface area contributed by atoms with Crippen LogP contribution < -0.4 is 0 Å². The minimum atomic E-state index is -0.325. The van der Waals surface area contributed by atoms with Gasteiger partial charge in [-0.3, -0.25) is 4.90 Å². The fourth-order valence-electron chi connectivity index (χ4n) is 3.55. The summed E-state index contributed by atoms with van der Waals surface area (Å²) in [5.41, 5.74) is 3.40. The van der Waals surface area contributed by atoms with E-state index in [4.69, 9.17) is 14.9 Å². The van der Waals surface area contributed by atoms with Gasteiger partial charge in [-0.1, -0.05) is 30.7 Å². The molecule has 6 nitrogen and oxygen atoms in total. The zero-order chi connectivity index (χ0) is 17.9. The van der Waals surface area contributed by atoms with Gasteiger partial charge in [-0.05, 0) is 42.7 Å². The van der Waals surface area contributed by atoms with Crippen LogP contribution in [0.1, 0.15) is 41.3 Å². The monoisotopic (exact) mass is 350 g/mol. The van der Waals surface area contributed by atoms with E-state index in [1.807, 2.05) is 41.2 Å². The number of hydrogen-bond donors (Lipinski definition) is 0. The van der Waals surface area contributed by atoms with Gasteiger partial charge in [0.15, 0.2) is 0 Å². The van der Waals surface area contributed by atoms with Crippen molar-refractivity contribution in [3.8, 4) is 0 Å². The van der Waals surface area contributed by atoms with Crippen molar-refractivity contribution in [3.63, 3.8) is 0 Å². The van der Waals surface area contributed by atoms with Gasteiger partial charge >= 0.3 is 5.97 Å². The van der Waals surface area contributed by atoms with E-state index in [2.05, 4.69) is 4.90 Å². The normalized spacial score (nSPS) is 16.5. The Balaban J connectivity index is 1.73. The largest absolute Gasteiger partial charge is 0.465 e. The first kappa shape index (κ1) is 16.7. The Hall–Kier alpha value is -2.73. The number of aromatic nitrogens is 3. The van der Waals surface area contributed by atoms with Gasteiger partial charge in [0.05, 0.1) is 12.7 Å². The Labute approximate surface area is 152 Å².